The molecule has 1 aromatic carbocycles. The number of esters is 1. The normalized spacial score (nSPS) is 37.2. The van der Waals surface area contributed by atoms with Crippen LogP contribution in [0, 0.1) is 0 Å². The van der Waals surface area contributed by atoms with Crippen LogP contribution < -0.4 is 0 Å². The molecule has 0 aromatic heterocycles. The van der Waals surface area contributed by atoms with Gasteiger partial charge in [0.15, 0.2) is 0 Å². The number of carbonyl (C=O) groups is 1. The number of hydrogen-bond acceptors (Lipinski definition) is 3. The monoisotopic (exact) mass is 218 g/mol. The Morgan fingerprint density at radius 3 is 2.75 bits per heavy atom. The van der Waals surface area contributed by atoms with E-state index < -0.39 is 0 Å². The zero-order valence-electron chi connectivity index (χ0n) is 9.13. The first-order valence-electron chi connectivity index (χ1n) is 5.65. The van der Waals surface area contributed by atoms with Crippen molar-refractivity contribution >= 4 is 5.97 Å². The quantitative estimate of drug-likeness (QED) is 0.675. The van der Waals surface area contributed by atoms with Crippen molar-refractivity contribution in [2.24, 2.45) is 0 Å². The molecule has 0 N–H and O–H groups in total. The molecule has 1 unspecified atom stereocenters. The molecule has 16 heavy (non-hydrogen) atoms. The van der Waals surface area contributed by atoms with Gasteiger partial charge in [0.05, 0.1) is 12.5 Å². The lowest BCUT2D eigenvalue weighted by Crippen LogP contribution is -2.23. The molecule has 0 radical (unpaired) electrons. The van der Waals surface area contributed by atoms with Crippen LogP contribution in [0.15, 0.2) is 30.3 Å². The van der Waals surface area contributed by atoms with Crippen LogP contribution in [0.25, 0.3) is 0 Å². The van der Waals surface area contributed by atoms with Crippen LogP contribution in [0.3, 0.4) is 0 Å². The molecule has 84 valence electrons. The van der Waals surface area contributed by atoms with Gasteiger partial charge in [-0.1, -0.05) is 30.3 Å². The van der Waals surface area contributed by atoms with Crippen molar-refractivity contribution in [3.05, 3.63) is 35.9 Å². The lowest BCUT2D eigenvalue weighted by atomic mass is 9.89. The highest BCUT2D eigenvalue weighted by molar-refractivity contribution is 5.73. The van der Waals surface area contributed by atoms with Gasteiger partial charge in [-0.15, -0.1) is 0 Å². The van der Waals surface area contributed by atoms with Crippen LogP contribution >= 0.6 is 0 Å². The summed E-state index contributed by atoms with van der Waals surface area (Å²) in [5, 5.41) is 0. The SMILES string of the molecule is CC1O[C@@H]2CC(=O)O[C@@H]2[C@@H]1c1ccccc1. The summed E-state index contributed by atoms with van der Waals surface area (Å²) in [6.45, 7) is 2.05. The topological polar surface area (TPSA) is 35.5 Å². The minimum Gasteiger partial charge on any atom is -0.459 e. The van der Waals surface area contributed by atoms with E-state index in [1.807, 2.05) is 25.1 Å². The summed E-state index contributed by atoms with van der Waals surface area (Å²) in [5.74, 6) is 0.0421. The summed E-state index contributed by atoms with van der Waals surface area (Å²) >= 11 is 0. The van der Waals surface area contributed by atoms with Crippen molar-refractivity contribution in [3.8, 4) is 0 Å². The lowest BCUT2D eigenvalue weighted by Gasteiger charge is -2.19. The molecule has 0 aliphatic carbocycles. The Bertz CT molecular complexity index is 401. The van der Waals surface area contributed by atoms with Gasteiger partial charge in [-0.3, -0.25) is 4.79 Å². The Morgan fingerprint density at radius 2 is 2.00 bits per heavy atom. The van der Waals surface area contributed by atoms with E-state index in [0.717, 1.165) is 0 Å². The van der Waals surface area contributed by atoms with Crippen molar-refractivity contribution in [1.29, 1.82) is 0 Å². The maximum Gasteiger partial charge on any atom is 0.308 e. The molecule has 0 amide bonds. The Kier molecular flexibility index (Phi) is 2.21. The van der Waals surface area contributed by atoms with Crippen LogP contribution in [0.2, 0.25) is 0 Å². The fourth-order valence-electron chi connectivity index (χ4n) is 2.75. The van der Waals surface area contributed by atoms with Gasteiger partial charge < -0.3 is 9.47 Å². The summed E-state index contributed by atoms with van der Waals surface area (Å²) in [7, 11) is 0. The average molecular weight is 218 g/mol. The molecule has 3 nitrogen and oxygen atoms in total. The smallest absolute Gasteiger partial charge is 0.308 e. The minimum atomic E-state index is -0.136. The third kappa shape index (κ3) is 1.43. The van der Waals surface area contributed by atoms with Gasteiger partial charge in [0.1, 0.15) is 12.2 Å². The van der Waals surface area contributed by atoms with E-state index in [9.17, 15) is 4.79 Å². The highest BCUT2D eigenvalue weighted by Crippen LogP contribution is 2.41. The van der Waals surface area contributed by atoms with E-state index in [1.54, 1.807) is 0 Å². The predicted molar refractivity (Wildman–Crippen MR) is 58.0 cm³/mol. The molecule has 3 rings (SSSR count). The highest BCUT2D eigenvalue weighted by Gasteiger charge is 2.50. The van der Waals surface area contributed by atoms with E-state index in [2.05, 4.69) is 12.1 Å². The molecule has 2 aliphatic heterocycles. The van der Waals surface area contributed by atoms with Crippen LogP contribution in [0.1, 0.15) is 24.8 Å². The van der Waals surface area contributed by atoms with Gasteiger partial charge in [0.2, 0.25) is 0 Å². The van der Waals surface area contributed by atoms with Crippen molar-refractivity contribution in [2.75, 3.05) is 0 Å². The number of fused-ring (bicyclic) bond motifs is 1. The second kappa shape index (κ2) is 3.59. The Labute approximate surface area is 94.4 Å². The van der Waals surface area contributed by atoms with Crippen LogP contribution in [-0.2, 0) is 14.3 Å². The summed E-state index contributed by atoms with van der Waals surface area (Å²) < 4.78 is 11.1. The Balaban J connectivity index is 1.92. The van der Waals surface area contributed by atoms with E-state index in [4.69, 9.17) is 9.47 Å². The predicted octanol–water partition coefficient (Wildman–Crippen LogP) is 1.87. The van der Waals surface area contributed by atoms with E-state index >= 15 is 0 Å². The minimum absolute atomic E-state index is 0.0484. The molecule has 1 aromatic rings. The molecule has 0 saturated carbocycles. The molecule has 2 saturated heterocycles. The summed E-state index contributed by atoms with van der Waals surface area (Å²) in [6.07, 6.45) is 0.376. The fourth-order valence-corrected chi connectivity index (χ4v) is 2.75. The summed E-state index contributed by atoms with van der Waals surface area (Å²) in [6, 6.07) is 10.1. The second-order valence-electron chi connectivity index (χ2n) is 4.47. The lowest BCUT2D eigenvalue weighted by molar-refractivity contribution is -0.142. The first kappa shape index (κ1) is 9.85. The molecule has 2 heterocycles. The third-order valence-corrected chi connectivity index (χ3v) is 3.44. The van der Waals surface area contributed by atoms with Gasteiger partial charge in [-0.25, -0.2) is 0 Å². The fraction of sp³-hybridized carbons (Fsp3) is 0.462. The van der Waals surface area contributed by atoms with Gasteiger partial charge in [-0.05, 0) is 12.5 Å². The molecule has 0 spiro atoms. The van der Waals surface area contributed by atoms with Gasteiger partial charge in [0.25, 0.3) is 0 Å². The number of rotatable bonds is 1. The van der Waals surface area contributed by atoms with Crippen LogP contribution in [-0.4, -0.2) is 24.3 Å². The summed E-state index contributed by atoms with van der Waals surface area (Å²) in [4.78, 5) is 11.2. The second-order valence-corrected chi connectivity index (χ2v) is 4.47. The zero-order valence-corrected chi connectivity index (χ0v) is 9.13. The largest absolute Gasteiger partial charge is 0.459 e. The van der Waals surface area contributed by atoms with E-state index in [0.29, 0.717) is 6.42 Å². The number of ether oxygens (including phenoxy) is 2. The zero-order chi connectivity index (χ0) is 11.1. The standard InChI is InChI=1S/C13H14O3/c1-8-12(9-5-3-2-4-6-9)13-10(15-8)7-11(14)16-13/h2-6,8,10,12-13H,7H2,1H3/t8?,10-,12+,13+/m1/s1. The third-order valence-electron chi connectivity index (χ3n) is 3.44. The van der Waals surface area contributed by atoms with Gasteiger partial charge in [0, 0.05) is 5.92 Å². The maximum absolute atomic E-state index is 11.2. The number of carbonyl (C=O) groups excluding carboxylic acids is 1. The molecular formula is C13H14O3. The van der Waals surface area contributed by atoms with Crippen molar-refractivity contribution < 1.29 is 14.3 Å². The first-order valence-corrected chi connectivity index (χ1v) is 5.65. The average Bonchev–Trinajstić information content (AvgIpc) is 2.74. The number of benzene rings is 1. The molecular weight excluding hydrogens is 204 g/mol. The molecule has 2 aliphatic rings. The molecule has 4 atom stereocenters. The van der Waals surface area contributed by atoms with Crippen LogP contribution in [0.4, 0.5) is 0 Å². The van der Waals surface area contributed by atoms with Crippen molar-refractivity contribution in [2.45, 2.75) is 37.6 Å². The number of hydrogen-bond donors (Lipinski definition) is 0. The first-order chi connectivity index (χ1) is 7.75. The van der Waals surface area contributed by atoms with Crippen LogP contribution in [0.5, 0.6) is 0 Å². The molecule has 0 bridgehead atoms. The van der Waals surface area contributed by atoms with Gasteiger partial charge in [-0.2, -0.15) is 0 Å². The molecule has 2 fully saturated rings. The maximum atomic E-state index is 11.2. The van der Waals surface area contributed by atoms with Crippen molar-refractivity contribution in [1.82, 2.24) is 0 Å². The van der Waals surface area contributed by atoms with Crippen molar-refractivity contribution in [3.63, 3.8) is 0 Å². The van der Waals surface area contributed by atoms with E-state index in [1.165, 1.54) is 5.56 Å². The van der Waals surface area contributed by atoms with E-state index in [-0.39, 0.29) is 30.2 Å². The Morgan fingerprint density at radius 1 is 1.25 bits per heavy atom. The Hall–Kier alpha value is -1.35. The summed E-state index contributed by atoms with van der Waals surface area (Å²) in [5.41, 5.74) is 1.19. The van der Waals surface area contributed by atoms with Gasteiger partial charge >= 0.3 is 5.97 Å². The molecule has 3 heteroatoms. The highest BCUT2D eigenvalue weighted by atomic mass is 16.6.